The normalized spacial score (nSPS) is 22.9. The van der Waals surface area contributed by atoms with Crippen LogP contribution in [-0.2, 0) is 11.3 Å². The van der Waals surface area contributed by atoms with Gasteiger partial charge in [0, 0.05) is 50.3 Å². The largest absolute Gasteiger partial charge is 0.379 e. The zero-order valence-corrected chi connectivity index (χ0v) is 18.4. The van der Waals surface area contributed by atoms with Crippen LogP contribution in [0.4, 0.5) is 0 Å². The first-order chi connectivity index (χ1) is 14.1. The first kappa shape index (κ1) is 20.3. The van der Waals surface area contributed by atoms with E-state index in [1.165, 1.54) is 17.0 Å². The van der Waals surface area contributed by atoms with Gasteiger partial charge in [-0.05, 0) is 56.8 Å². The number of hydrogen-bond donors (Lipinski definition) is 1. The maximum absolute atomic E-state index is 5.81. The van der Waals surface area contributed by atoms with Crippen LogP contribution >= 0.6 is 12.2 Å². The Hall–Kier alpha value is -1.96. The minimum absolute atomic E-state index is 0.0548. The van der Waals surface area contributed by atoms with Crippen molar-refractivity contribution < 1.29 is 4.74 Å². The standard InChI is InChI=1S/C22H31N5OS/c1-4-26-16(2)15-18(17(26)3)21-20(19-7-5-6-8-23-19)24-22(29)27(21)10-9-25-11-13-28-14-12-25/h5-8,15,20-21H,4,9-14H2,1-3H3,(H,24,29)/t20-,21-/m1/s1. The fourth-order valence-corrected chi connectivity index (χ4v) is 5.00. The zero-order chi connectivity index (χ0) is 20.4. The van der Waals surface area contributed by atoms with E-state index in [-0.39, 0.29) is 12.1 Å². The minimum atomic E-state index is 0.0548. The first-order valence-electron chi connectivity index (χ1n) is 10.5. The van der Waals surface area contributed by atoms with Crippen molar-refractivity contribution in [1.82, 2.24) is 24.7 Å². The predicted octanol–water partition coefficient (Wildman–Crippen LogP) is 2.82. The van der Waals surface area contributed by atoms with Crippen molar-refractivity contribution in [2.24, 2.45) is 0 Å². The number of aryl methyl sites for hydroxylation is 1. The minimum Gasteiger partial charge on any atom is -0.379 e. The van der Waals surface area contributed by atoms with Crippen LogP contribution in [0.1, 0.15) is 41.7 Å². The smallest absolute Gasteiger partial charge is 0.170 e. The van der Waals surface area contributed by atoms with Gasteiger partial charge in [0.15, 0.2) is 5.11 Å². The van der Waals surface area contributed by atoms with Gasteiger partial charge in [0.05, 0.1) is 31.0 Å². The molecule has 0 aliphatic carbocycles. The third-order valence-electron chi connectivity index (χ3n) is 6.21. The fourth-order valence-electron chi connectivity index (χ4n) is 4.67. The Morgan fingerprint density at radius 3 is 2.66 bits per heavy atom. The molecule has 29 heavy (non-hydrogen) atoms. The lowest BCUT2D eigenvalue weighted by Crippen LogP contribution is -2.42. The van der Waals surface area contributed by atoms with E-state index in [1.807, 2.05) is 12.3 Å². The van der Waals surface area contributed by atoms with Gasteiger partial charge < -0.3 is 19.5 Å². The molecule has 0 saturated carbocycles. The van der Waals surface area contributed by atoms with Crippen molar-refractivity contribution in [2.45, 2.75) is 39.4 Å². The van der Waals surface area contributed by atoms with Crippen LogP contribution < -0.4 is 5.32 Å². The van der Waals surface area contributed by atoms with Crippen LogP contribution in [0, 0.1) is 13.8 Å². The molecule has 0 unspecified atom stereocenters. The Morgan fingerprint density at radius 2 is 2.00 bits per heavy atom. The number of ether oxygens (including phenoxy) is 1. The molecule has 7 heteroatoms. The number of nitrogens with one attached hydrogen (secondary N) is 1. The molecule has 2 fully saturated rings. The van der Waals surface area contributed by atoms with Crippen LogP contribution in [0.15, 0.2) is 30.5 Å². The van der Waals surface area contributed by atoms with Gasteiger partial charge in [0.1, 0.15) is 0 Å². The molecule has 2 aliphatic rings. The van der Waals surface area contributed by atoms with Gasteiger partial charge in [0.2, 0.25) is 0 Å². The van der Waals surface area contributed by atoms with Crippen LogP contribution in [0.25, 0.3) is 0 Å². The molecule has 0 radical (unpaired) electrons. The highest BCUT2D eigenvalue weighted by Crippen LogP contribution is 2.40. The molecule has 4 rings (SSSR count). The molecule has 2 aliphatic heterocycles. The summed E-state index contributed by atoms with van der Waals surface area (Å²) in [4.78, 5) is 9.48. The lowest BCUT2D eigenvalue weighted by atomic mass is 9.97. The maximum atomic E-state index is 5.81. The van der Waals surface area contributed by atoms with Crippen molar-refractivity contribution in [3.05, 3.63) is 53.1 Å². The second-order valence-corrected chi connectivity index (χ2v) is 8.23. The van der Waals surface area contributed by atoms with E-state index in [2.05, 4.69) is 63.6 Å². The van der Waals surface area contributed by atoms with Gasteiger partial charge in [0.25, 0.3) is 0 Å². The highest BCUT2D eigenvalue weighted by Gasteiger charge is 2.41. The molecule has 2 saturated heterocycles. The van der Waals surface area contributed by atoms with E-state index in [1.54, 1.807) is 0 Å². The lowest BCUT2D eigenvalue weighted by Gasteiger charge is -2.32. The van der Waals surface area contributed by atoms with Crippen LogP contribution in [-0.4, -0.2) is 63.9 Å². The Morgan fingerprint density at radius 1 is 1.21 bits per heavy atom. The van der Waals surface area contributed by atoms with E-state index in [4.69, 9.17) is 17.0 Å². The van der Waals surface area contributed by atoms with Crippen molar-refractivity contribution in [3.63, 3.8) is 0 Å². The molecule has 0 aromatic carbocycles. The molecule has 2 aromatic rings. The lowest BCUT2D eigenvalue weighted by molar-refractivity contribution is 0.0350. The third kappa shape index (κ3) is 4.04. The number of aromatic nitrogens is 2. The number of pyridine rings is 1. The van der Waals surface area contributed by atoms with E-state index in [0.29, 0.717) is 0 Å². The predicted molar refractivity (Wildman–Crippen MR) is 119 cm³/mol. The summed E-state index contributed by atoms with van der Waals surface area (Å²) in [6, 6.07) is 8.64. The van der Waals surface area contributed by atoms with E-state index in [9.17, 15) is 0 Å². The van der Waals surface area contributed by atoms with Gasteiger partial charge in [-0.3, -0.25) is 9.88 Å². The number of rotatable bonds is 6. The molecular weight excluding hydrogens is 382 g/mol. The van der Waals surface area contributed by atoms with E-state index >= 15 is 0 Å². The third-order valence-corrected chi connectivity index (χ3v) is 6.56. The molecule has 1 N–H and O–H groups in total. The Labute approximate surface area is 178 Å². The summed E-state index contributed by atoms with van der Waals surface area (Å²) in [6.07, 6.45) is 1.86. The Balaban J connectivity index is 1.66. The van der Waals surface area contributed by atoms with Crippen LogP contribution in [0.5, 0.6) is 0 Å². The Bertz CT molecular complexity index is 846. The van der Waals surface area contributed by atoms with Crippen LogP contribution in [0.3, 0.4) is 0 Å². The van der Waals surface area contributed by atoms with Gasteiger partial charge >= 0.3 is 0 Å². The van der Waals surface area contributed by atoms with Gasteiger partial charge in [-0.2, -0.15) is 0 Å². The molecule has 0 amide bonds. The summed E-state index contributed by atoms with van der Waals surface area (Å²) < 4.78 is 7.88. The average Bonchev–Trinajstić information content (AvgIpc) is 3.22. The van der Waals surface area contributed by atoms with Crippen molar-refractivity contribution >= 4 is 17.3 Å². The highest BCUT2D eigenvalue weighted by atomic mass is 32.1. The topological polar surface area (TPSA) is 45.6 Å². The molecule has 0 spiro atoms. The number of nitrogens with zero attached hydrogens (tertiary/aromatic N) is 4. The summed E-state index contributed by atoms with van der Waals surface area (Å²) in [5.74, 6) is 0. The molecule has 2 atom stereocenters. The van der Waals surface area contributed by atoms with Crippen molar-refractivity contribution in [2.75, 3.05) is 39.4 Å². The molecule has 4 heterocycles. The quantitative estimate of drug-likeness (QED) is 0.735. The van der Waals surface area contributed by atoms with Gasteiger partial charge in [-0.1, -0.05) is 6.07 Å². The molecule has 6 nitrogen and oxygen atoms in total. The number of thiocarbonyl (C=S) groups is 1. The Kier molecular flexibility index (Phi) is 6.18. The van der Waals surface area contributed by atoms with Gasteiger partial charge in [-0.15, -0.1) is 0 Å². The molecule has 2 aromatic heterocycles. The summed E-state index contributed by atoms with van der Waals surface area (Å²) in [5.41, 5.74) is 4.99. The summed E-state index contributed by atoms with van der Waals surface area (Å²) in [7, 11) is 0. The molecular formula is C22H31N5OS. The number of hydrogen-bond acceptors (Lipinski definition) is 4. The maximum Gasteiger partial charge on any atom is 0.170 e. The zero-order valence-electron chi connectivity index (χ0n) is 17.6. The average molecular weight is 414 g/mol. The summed E-state index contributed by atoms with van der Waals surface area (Å²) in [5, 5.41) is 4.39. The van der Waals surface area contributed by atoms with Gasteiger partial charge in [-0.25, -0.2) is 0 Å². The fraction of sp³-hybridized carbons (Fsp3) is 0.545. The van der Waals surface area contributed by atoms with E-state index < -0.39 is 0 Å². The van der Waals surface area contributed by atoms with Crippen molar-refractivity contribution in [1.29, 1.82) is 0 Å². The van der Waals surface area contributed by atoms with Crippen LogP contribution in [0.2, 0.25) is 0 Å². The summed E-state index contributed by atoms with van der Waals surface area (Å²) in [6.45, 7) is 13.1. The highest BCUT2D eigenvalue weighted by molar-refractivity contribution is 7.80. The second kappa shape index (κ2) is 8.81. The number of morpholine rings is 1. The van der Waals surface area contributed by atoms with Crippen molar-refractivity contribution in [3.8, 4) is 0 Å². The van der Waals surface area contributed by atoms with E-state index in [0.717, 1.165) is 56.7 Å². The second-order valence-electron chi connectivity index (χ2n) is 7.84. The summed E-state index contributed by atoms with van der Waals surface area (Å²) >= 11 is 5.81. The molecule has 0 bridgehead atoms. The molecule has 156 valence electrons. The SMILES string of the molecule is CCn1c(C)cc([C@@H]2[C@@H](c3ccccn3)NC(=S)N2CCN2CCOCC2)c1C. The monoisotopic (exact) mass is 413 g/mol. The first-order valence-corrected chi connectivity index (χ1v) is 11.0.